The summed E-state index contributed by atoms with van der Waals surface area (Å²) in [6.45, 7) is 0. The summed E-state index contributed by atoms with van der Waals surface area (Å²) in [6, 6.07) is 0. The molecule has 9 heavy (non-hydrogen) atoms. The van der Waals surface area contributed by atoms with Crippen LogP contribution < -0.4 is 21.2 Å². The second-order valence-corrected chi connectivity index (χ2v) is 3.49. The van der Waals surface area contributed by atoms with Gasteiger partial charge in [0, 0.05) is 0 Å². The zero-order valence-electron chi connectivity index (χ0n) is 4.89. The molecule has 1 aromatic heterocycles. The standard InChI is InChI=1S/C6H5INO/c1-3-6-8-5(7-2)4-9-6/h1,4H,2H3/q-1. The van der Waals surface area contributed by atoms with Crippen molar-refractivity contribution in [1.82, 2.24) is 4.98 Å². The predicted molar refractivity (Wildman–Crippen MR) is 29.1 cm³/mol. The first-order chi connectivity index (χ1) is 4.36. The van der Waals surface area contributed by atoms with Crippen LogP contribution in [0.3, 0.4) is 0 Å². The Hall–Kier alpha value is -0.500. The molecule has 0 aromatic carbocycles. The Kier molecular flexibility index (Phi) is 2.11. The van der Waals surface area contributed by atoms with Gasteiger partial charge in [-0.1, -0.05) is 0 Å². The van der Waals surface area contributed by atoms with E-state index in [1.807, 2.05) is 0 Å². The van der Waals surface area contributed by atoms with Crippen molar-refractivity contribution in [3.05, 3.63) is 15.9 Å². The molecule has 1 aromatic rings. The van der Waals surface area contributed by atoms with Gasteiger partial charge in [-0.15, -0.1) is 0 Å². The SMILES string of the molecule is C#Cc1nc([I-]C)co1. The van der Waals surface area contributed by atoms with Gasteiger partial charge in [0.05, 0.1) is 0 Å². The van der Waals surface area contributed by atoms with Gasteiger partial charge in [-0.25, -0.2) is 0 Å². The molecule has 1 rings (SSSR count). The van der Waals surface area contributed by atoms with Crippen molar-refractivity contribution in [1.29, 1.82) is 0 Å². The zero-order valence-corrected chi connectivity index (χ0v) is 7.05. The van der Waals surface area contributed by atoms with Crippen LogP contribution in [0.5, 0.6) is 0 Å². The summed E-state index contributed by atoms with van der Waals surface area (Å²) in [7, 11) is 0. The van der Waals surface area contributed by atoms with E-state index in [2.05, 4.69) is 15.8 Å². The molecule has 1 heterocycles. The van der Waals surface area contributed by atoms with E-state index < -0.39 is 0 Å². The third-order valence-corrected chi connectivity index (χ3v) is 2.39. The number of alkyl halides is 1. The Morgan fingerprint density at radius 1 is 1.89 bits per heavy atom. The summed E-state index contributed by atoms with van der Waals surface area (Å²) in [5, 5.41) is 0. The Bertz CT molecular complexity index is 235. The topological polar surface area (TPSA) is 26.0 Å². The molecule has 3 heteroatoms. The Morgan fingerprint density at radius 2 is 2.67 bits per heavy atom. The molecular weight excluding hydrogens is 229 g/mol. The van der Waals surface area contributed by atoms with Crippen molar-refractivity contribution in [3.8, 4) is 12.3 Å². The van der Waals surface area contributed by atoms with Gasteiger partial charge in [0.15, 0.2) is 0 Å². The molecule has 0 fully saturated rings. The van der Waals surface area contributed by atoms with E-state index in [-0.39, 0.29) is 21.2 Å². The summed E-state index contributed by atoms with van der Waals surface area (Å²) < 4.78 is 5.90. The van der Waals surface area contributed by atoms with E-state index >= 15 is 0 Å². The molecule has 48 valence electrons. The molecule has 0 N–H and O–H groups in total. The number of rotatable bonds is 1. The fraction of sp³-hybridized carbons (Fsp3) is 0.167. The molecule has 0 spiro atoms. The van der Waals surface area contributed by atoms with E-state index in [1.54, 1.807) is 6.26 Å². The normalized spacial score (nSPS) is 9.33. The van der Waals surface area contributed by atoms with Crippen molar-refractivity contribution in [2.45, 2.75) is 0 Å². The van der Waals surface area contributed by atoms with Gasteiger partial charge >= 0.3 is 63.7 Å². The van der Waals surface area contributed by atoms with E-state index in [4.69, 9.17) is 10.8 Å². The van der Waals surface area contributed by atoms with Gasteiger partial charge in [-0.2, -0.15) is 0 Å². The number of nitrogens with zero attached hydrogens (tertiary/aromatic N) is 1. The summed E-state index contributed by atoms with van der Waals surface area (Å²) in [6.07, 6.45) is 6.65. The Morgan fingerprint density at radius 3 is 3.00 bits per heavy atom. The second-order valence-electron chi connectivity index (χ2n) is 1.31. The van der Waals surface area contributed by atoms with Gasteiger partial charge in [-0.05, 0) is 0 Å². The number of hydrogen-bond acceptors (Lipinski definition) is 2. The quantitative estimate of drug-likeness (QED) is 0.306. The third-order valence-electron chi connectivity index (χ3n) is 0.793. The van der Waals surface area contributed by atoms with Crippen molar-refractivity contribution < 1.29 is 25.6 Å². The van der Waals surface area contributed by atoms with Crippen LogP contribution in [-0.2, 0) is 0 Å². The minimum atomic E-state index is 0.0236. The van der Waals surface area contributed by atoms with E-state index in [1.165, 1.54) is 0 Å². The Balaban J connectivity index is 2.90. The van der Waals surface area contributed by atoms with Gasteiger partial charge in [0.2, 0.25) is 0 Å². The molecule has 0 saturated carbocycles. The molecule has 0 aliphatic heterocycles. The number of oxazole rings is 1. The fourth-order valence-corrected chi connectivity index (χ4v) is 1.25. The first kappa shape index (κ1) is 6.62. The summed E-state index contributed by atoms with van der Waals surface area (Å²) in [5.41, 5.74) is 0. The molecular formula is C6H5INO-. The second kappa shape index (κ2) is 2.87. The van der Waals surface area contributed by atoms with Gasteiger partial charge in [0.1, 0.15) is 0 Å². The summed E-state index contributed by atoms with van der Waals surface area (Å²) in [5.74, 6) is 2.72. The fourth-order valence-electron chi connectivity index (χ4n) is 0.407. The molecule has 0 bridgehead atoms. The molecule has 0 aliphatic carbocycles. The number of aromatic nitrogens is 1. The van der Waals surface area contributed by atoms with Crippen LogP contribution in [0.15, 0.2) is 10.7 Å². The molecule has 0 aliphatic rings. The van der Waals surface area contributed by atoms with Gasteiger partial charge < -0.3 is 0 Å². The predicted octanol–water partition coefficient (Wildman–Crippen LogP) is -2.46. The van der Waals surface area contributed by atoms with Crippen LogP contribution in [0, 0.1) is 16.0 Å². The first-order valence-electron chi connectivity index (χ1n) is 2.28. The van der Waals surface area contributed by atoms with Crippen molar-refractivity contribution in [2.75, 3.05) is 4.93 Å². The molecule has 2 nitrogen and oxygen atoms in total. The number of halogens is 1. The first-order valence-corrected chi connectivity index (χ1v) is 5.52. The van der Waals surface area contributed by atoms with Crippen LogP contribution in [0.1, 0.15) is 5.89 Å². The number of hydrogen-bond donors (Lipinski definition) is 0. The third kappa shape index (κ3) is 1.45. The zero-order chi connectivity index (χ0) is 6.69. The molecule has 0 amide bonds. The molecule has 0 radical (unpaired) electrons. The van der Waals surface area contributed by atoms with Crippen molar-refractivity contribution in [2.24, 2.45) is 0 Å². The maximum absolute atomic E-state index is 5.02. The average Bonchev–Trinajstić information content (AvgIpc) is 2.34. The van der Waals surface area contributed by atoms with Crippen molar-refractivity contribution >= 4 is 0 Å². The van der Waals surface area contributed by atoms with Crippen LogP contribution in [0.4, 0.5) is 0 Å². The van der Waals surface area contributed by atoms with Crippen molar-refractivity contribution in [3.63, 3.8) is 0 Å². The summed E-state index contributed by atoms with van der Waals surface area (Å²) >= 11 is 0.0236. The monoisotopic (exact) mass is 234 g/mol. The molecule has 0 unspecified atom stereocenters. The van der Waals surface area contributed by atoms with Crippen LogP contribution in [0.25, 0.3) is 0 Å². The van der Waals surface area contributed by atoms with E-state index in [9.17, 15) is 0 Å². The minimum absolute atomic E-state index is 0.0236. The van der Waals surface area contributed by atoms with Crippen LogP contribution >= 0.6 is 0 Å². The van der Waals surface area contributed by atoms with Crippen LogP contribution in [-0.4, -0.2) is 9.91 Å². The van der Waals surface area contributed by atoms with E-state index in [0.717, 1.165) is 3.70 Å². The molecule has 0 saturated heterocycles. The summed E-state index contributed by atoms with van der Waals surface area (Å²) in [4.78, 5) is 6.10. The molecule has 0 atom stereocenters. The number of terminal acetylenes is 1. The Labute approximate surface area is 63.9 Å². The van der Waals surface area contributed by atoms with Gasteiger partial charge in [-0.3, -0.25) is 0 Å². The maximum atomic E-state index is 5.02. The van der Waals surface area contributed by atoms with Crippen LogP contribution in [0.2, 0.25) is 0 Å². The average molecular weight is 234 g/mol. The van der Waals surface area contributed by atoms with Gasteiger partial charge in [0.25, 0.3) is 0 Å². The van der Waals surface area contributed by atoms with E-state index in [0.29, 0.717) is 5.89 Å².